The highest BCUT2D eigenvalue weighted by molar-refractivity contribution is 5.90. The molecule has 6 nitrogen and oxygen atoms in total. The molecule has 1 aliphatic heterocycles. The molecule has 1 heterocycles. The number of hydrogen-bond acceptors (Lipinski definition) is 4. The van der Waals surface area contributed by atoms with E-state index in [1.54, 1.807) is 12.1 Å². The van der Waals surface area contributed by atoms with Crippen molar-refractivity contribution in [3.63, 3.8) is 0 Å². The van der Waals surface area contributed by atoms with E-state index in [9.17, 15) is 23.5 Å². The van der Waals surface area contributed by atoms with Crippen molar-refractivity contribution in [2.75, 3.05) is 13.2 Å². The van der Waals surface area contributed by atoms with Crippen LogP contribution in [0.25, 0.3) is 5.57 Å². The maximum absolute atomic E-state index is 12.6. The number of ether oxygens (including phenoxy) is 2. The number of halogens is 2. The largest absolute Gasteiger partial charge is 0.489 e. The third kappa shape index (κ3) is 4.12. The van der Waals surface area contributed by atoms with Crippen molar-refractivity contribution in [3.8, 4) is 11.5 Å². The Balaban J connectivity index is 1.86. The lowest BCUT2D eigenvalue weighted by Crippen LogP contribution is -2.39. The summed E-state index contributed by atoms with van der Waals surface area (Å²) in [4.78, 5) is 24.2. The Labute approximate surface area is 149 Å². The van der Waals surface area contributed by atoms with Crippen molar-refractivity contribution in [1.29, 1.82) is 0 Å². The first-order valence-electron chi connectivity index (χ1n) is 8.28. The standard InChI is InChI=1S/C18H19F2NO5/c1-10(22)21-8-13(6-14(21)17(23)24)12-4-5-15(26-18(19)20)16(7-12)25-9-11-2-3-11/h4-7,11,14,18H,2-3,8-9H2,1H3,(H,23,24)/t14-/m0/s1. The summed E-state index contributed by atoms with van der Waals surface area (Å²) < 4.78 is 35.3. The van der Waals surface area contributed by atoms with Gasteiger partial charge in [0.2, 0.25) is 5.91 Å². The first kappa shape index (κ1) is 18.2. The highest BCUT2D eigenvalue weighted by atomic mass is 19.3. The molecule has 1 amide bonds. The first-order chi connectivity index (χ1) is 12.3. The summed E-state index contributed by atoms with van der Waals surface area (Å²) in [6.07, 6.45) is 3.57. The quantitative estimate of drug-likeness (QED) is 0.802. The van der Waals surface area contributed by atoms with Crippen LogP contribution in [0.2, 0.25) is 0 Å². The lowest BCUT2D eigenvalue weighted by Gasteiger charge is -2.19. The van der Waals surface area contributed by atoms with Crippen LogP contribution in [0.1, 0.15) is 25.3 Å². The number of amides is 1. The molecule has 3 rings (SSSR count). The molecule has 0 unspecified atom stereocenters. The smallest absolute Gasteiger partial charge is 0.387 e. The second kappa shape index (κ2) is 7.31. The minimum absolute atomic E-state index is 0.0683. The van der Waals surface area contributed by atoms with Crippen LogP contribution < -0.4 is 9.47 Å². The van der Waals surface area contributed by atoms with Crippen LogP contribution in [-0.4, -0.2) is 47.7 Å². The van der Waals surface area contributed by atoms with Gasteiger partial charge in [-0.3, -0.25) is 4.79 Å². The molecule has 8 heteroatoms. The zero-order chi connectivity index (χ0) is 18.8. The molecule has 1 fully saturated rings. The van der Waals surface area contributed by atoms with E-state index >= 15 is 0 Å². The third-order valence-electron chi connectivity index (χ3n) is 4.40. The van der Waals surface area contributed by atoms with Gasteiger partial charge in [-0.15, -0.1) is 0 Å². The molecule has 1 aromatic carbocycles. The van der Waals surface area contributed by atoms with Crippen LogP contribution in [0, 0.1) is 5.92 Å². The molecule has 1 atom stereocenters. The van der Waals surface area contributed by atoms with E-state index in [1.165, 1.54) is 24.0 Å². The number of carbonyl (C=O) groups is 2. The molecule has 1 aromatic rings. The summed E-state index contributed by atoms with van der Waals surface area (Å²) in [6.45, 7) is -1.13. The van der Waals surface area contributed by atoms with Crippen molar-refractivity contribution in [2.24, 2.45) is 5.92 Å². The van der Waals surface area contributed by atoms with Crippen LogP contribution in [0.4, 0.5) is 8.78 Å². The van der Waals surface area contributed by atoms with E-state index in [1.807, 2.05) is 0 Å². The van der Waals surface area contributed by atoms with Crippen molar-refractivity contribution in [1.82, 2.24) is 4.90 Å². The Morgan fingerprint density at radius 3 is 2.58 bits per heavy atom. The van der Waals surface area contributed by atoms with Gasteiger partial charge in [-0.1, -0.05) is 6.07 Å². The number of alkyl halides is 2. The predicted octanol–water partition coefficient (Wildman–Crippen LogP) is 2.78. The number of carboxylic acid groups (broad SMARTS) is 1. The second-order valence-corrected chi connectivity index (χ2v) is 6.42. The summed E-state index contributed by atoms with van der Waals surface area (Å²) in [7, 11) is 0. The van der Waals surface area contributed by atoms with Gasteiger partial charge in [-0.05, 0) is 48.1 Å². The summed E-state index contributed by atoms with van der Waals surface area (Å²) in [5, 5.41) is 9.28. The number of carboxylic acids is 1. The van der Waals surface area contributed by atoms with Crippen LogP contribution in [0.15, 0.2) is 24.3 Å². The van der Waals surface area contributed by atoms with E-state index < -0.39 is 18.6 Å². The van der Waals surface area contributed by atoms with Gasteiger partial charge in [-0.2, -0.15) is 8.78 Å². The third-order valence-corrected chi connectivity index (χ3v) is 4.40. The van der Waals surface area contributed by atoms with E-state index in [0.717, 1.165) is 12.8 Å². The van der Waals surface area contributed by atoms with Crippen LogP contribution in [0.3, 0.4) is 0 Å². The van der Waals surface area contributed by atoms with Gasteiger partial charge in [0.15, 0.2) is 11.5 Å². The van der Waals surface area contributed by atoms with E-state index in [0.29, 0.717) is 23.7 Å². The zero-order valence-corrected chi connectivity index (χ0v) is 14.2. The average Bonchev–Trinajstić information content (AvgIpc) is 3.28. The Hall–Kier alpha value is -2.64. The lowest BCUT2D eigenvalue weighted by atomic mass is 10.1. The number of aliphatic carboxylic acids is 1. The van der Waals surface area contributed by atoms with Gasteiger partial charge in [0.1, 0.15) is 6.04 Å². The second-order valence-electron chi connectivity index (χ2n) is 6.42. The zero-order valence-electron chi connectivity index (χ0n) is 14.2. The molecular formula is C18H19F2NO5. The molecule has 2 aliphatic rings. The molecule has 0 saturated heterocycles. The Morgan fingerprint density at radius 2 is 2.04 bits per heavy atom. The minimum atomic E-state index is -2.97. The van der Waals surface area contributed by atoms with Crippen LogP contribution in [0.5, 0.6) is 11.5 Å². The van der Waals surface area contributed by atoms with Crippen LogP contribution in [-0.2, 0) is 9.59 Å². The van der Waals surface area contributed by atoms with E-state index in [2.05, 4.69) is 4.74 Å². The Kier molecular flexibility index (Phi) is 5.11. The highest BCUT2D eigenvalue weighted by Crippen LogP contribution is 2.36. The summed E-state index contributed by atoms with van der Waals surface area (Å²) >= 11 is 0. The number of hydrogen-bond donors (Lipinski definition) is 1. The molecule has 26 heavy (non-hydrogen) atoms. The molecule has 0 aromatic heterocycles. The van der Waals surface area contributed by atoms with E-state index in [4.69, 9.17) is 4.74 Å². The average molecular weight is 367 g/mol. The highest BCUT2D eigenvalue weighted by Gasteiger charge is 2.33. The fraction of sp³-hybridized carbons (Fsp3) is 0.444. The van der Waals surface area contributed by atoms with Crippen LogP contribution >= 0.6 is 0 Å². The van der Waals surface area contributed by atoms with Gasteiger partial charge < -0.3 is 19.5 Å². The minimum Gasteiger partial charge on any atom is -0.489 e. The van der Waals surface area contributed by atoms with Crippen molar-refractivity contribution < 1.29 is 33.0 Å². The van der Waals surface area contributed by atoms with Crippen molar-refractivity contribution in [3.05, 3.63) is 29.8 Å². The monoisotopic (exact) mass is 367 g/mol. The molecule has 0 radical (unpaired) electrons. The van der Waals surface area contributed by atoms with Gasteiger partial charge in [0, 0.05) is 13.5 Å². The maximum Gasteiger partial charge on any atom is 0.387 e. The number of rotatable bonds is 7. The topological polar surface area (TPSA) is 76.1 Å². The fourth-order valence-electron chi connectivity index (χ4n) is 2.82. The SMILES string of the molecule is CC(=O)N1CC(c2ccc(OC(F)F)c(OCC3CC3)c2)=C[C@H]1C(=O)O. The Bertz CT molecular complexity index is 745. The molecular weight excluding hydrogens is 348 g/mol. The van der Waals surface area contributed by atoms with E-state index in [-0.39, 0.29) is 24.0 Å². The van der Waals surface area contributed by atoms with Crippen molar-refractivity contribution >= 4 is 17.4 Å². The summed E-state index contributed by atoms with van der Waals surface area (Å²) in [5.41, 5.74) is 1.22. The first-order valence-corrected chi connectivity index (χ1v) is 8.28. The van der Waals surface area contributed by atoms with Crippen molar-refractivity contribution in [2.45, 2.75) is 32.4 Å². The van der Waals surface area contributed by atoms with Gasteiger partial charge in [0.05, 0.1) is 6.61 Å². The maximum atomic E-state index is 12.6. The molecule has 0 bridgehead atoms. The fourth-order valence-corrected chi connectivity index (χ4v) is 2.82. The Morgan fingerprint density at radius 1 is 1.31 bits per heavy atom. The number of benzene rings is 1. The number of nitrogens with zero attached hydrogens (tertiary/aromatic N) is 1. The normalized spacial score (nSPS) is 19.5. The lowest BCUT2D eigenvalue weighted by molar-refractivity contribution is -0.146. The van der Waals surface area contributed by atoms with Gasteiger partial charge >= 0.3 is 12.6 Å². The van der Waals surface area contributed by atoms with Gasteiger partial charge in [0.25, 0.3) is 0 Å². The summed E-state index contributed by atoms with van der Waals surface area (Å²) in [5.74, 6) is -0.942. The molecule has 1 saturated carbocycles. The number of carbonyl (C=O) groups excluding carboxylic acids is 1. The summed E-state index contributed by atoms with van der Waals surface area (Å²) in [6, 6.07) is 3.43. The molecule has 0 spiro atoms. The molecule has 140 valence electrons. The predicted molar refractivity (Wildman–Crippen MR) is 88.1 cm³/mol. The molecule has 1 N–H and O–H groups in total. The van der Waals surface area contributed by atoms with Gasteiger partial charge in [-0.25, -0.2) is 4.79 Å². The molecule has 1 aliphatic carbocycles.